The van der Waals surface area contributed by atoms with Crippen molar-refractivity contribution in [3.05, 3.63) is 65.7 Å². The van der Waals surface area contributed by atoms with Crippen LogP contribution in [0.25, 0.3) is 0 Å². The summed E-state index contributed by atoms with van der Waals surface area (Å²) < 4.78 is 39.9. The van der Waals surface area contributed by atoms with Gasteiger partial charge >= 0.3 is 0 Å². The van der Waals surface area contributed by atoms with E-state index >= 15 is 0 Å². The number of rotatable bonds is 7. The van der Waals surface area contributed by atoms with E-state index in [9.17, 15) is 18.0 Å². The van der Waals surface area contributed by atoms with Crippen LogP contribution in [0.1, 0.15) is 12.7 Å². The summed E-state index contributed by atoms with van der Waals surface area (Å²) in [6.07, 6.45) is 0. The van der Waals surface area contributed by atoms with Crippen molar-refractivity contribution in [2.45, 2.75) is 17.9 Å². The fraction of sp³-hybridized carbons (Fsp3) is 0.158. The molecule has 0 spiro atoms. The number of nitrogens with two attached hydrogens (primary N) is 1. The molecule has 1 amide bonds. The average molecular weight is 434 g/mol. The number of thioether (sulfide) groups is 1. The third-order valence-corrected chi connectivity index (χ3v) is 4.96. The van der Waals surface area contributed by atoms with Gasteiger partial charge in [0.05, 0.1) is 16.7 Å². The van der Waals surface area contributed by atoms with Gasteiger partial charge < -0.3 is 16.4 Å². The summed E-state index contributed by atoms with van der Waals surface area (Å²) in [6, 6.07) is 8.41. The molecule has 4 N–H and O–H groups in total. The first-order chi connectivity index (χ1) is 14.3. The van der Waals surface area contributed by atoms with Gasteiger partial charge in [-0.3, -0.25) is 4.79 Å². The van der Waals surface area contributed by atoms with Crippen molar-refractivity contribution in [3.8, 4) is 0 Å². The van der Waals surface area contributed by atoms with Crippen molar-refractivity contribution in [2.75, 3.05) is 16.4 Å². The summed E-state index contributed by atoms with van der Waals surface area (Å²) in [5.74, 6) is -1.60. The Balaban J connectivity index is 1.61. The van der Waals surface area contributed by atoms with Gasteiger partial charge in [0.2, 0.25) is 17.8 Å². The SMILES string of the molecule is C[C@@H](SCc1nc(N)nc(Nc2ccc(F)cc2)n1)C(=O)Nc1cc(F)ccc1F. The van der Waals surface area contributed by atoms with E-state index in [1.807, 2.05) is 0 Å². The van der Waals surface area contributed by atoms with Crippen LogP contribution in [-0.4, -0.2) is 26.1 Å². The van der Waals surface area contributed by atoms with E-state index in [0.29, 0.717) is 11.5 Å². The van der Waals surface area contributed by atoms with Gasteiger partial charge in [0.25, 0.3) is 0 Å². The Hall–Kier alpha value is -3.34. The van der Waals surface area contributed by atoms with Gasteiger partial charge in [0, 0.05) is 11.8 Å². The van der Waals surface area contributed by atoms with Crippen molar-refractivity contribution in [3.63, 3.8) is 0 Å². The molecule has 7 nitrogen and oxygen atoms in total. The first-order valence-electron chi connectivity index (χ1n) is 8.70. The van der Waals surface area contributed by atoms with Gasteiger partial charge in [-0.25, -0.2) is 13.2 Å². The zero-order valence-electron chi connectivity index (χ0n) is 15.7. The van der Waals surface area contributed by atoms with Crippen molar-refractivity contribution in [2.24, 2.45) is 0 Å². The van der Waals surface area contributed by atoms with Crippen molar-refractivity contribution >= 4 is 40.9 Å². The summed E-state index contributed by atoms with van der Waals surface area (Å²) >= 11 is 1.18. The van der Waals surface area contributed by atoms with Gasteiger partial charge in [-0.2, -0.15) is 15.0 Å². The zero-order valence-corrected chi connectivity index (χ0v) is 16.5. The summed E-state index contributed by atoms with van der Waals surface area (Å²) in [7, 11) is 0. The monoisotopic (exact) mass is 434 g/mol. The molecule has 156 valence electrons. The number of halogens is 3. The number of nitrogens with one attached hydrogen (secondary N) is 2. The highest BCUT2D eigenvalue weighted by Crippen LogP contribution is 2.21. The molecule has 2 aromatic carbocycles. The third-order valence-electron chi connectivity index (χ3n) is 3.82. The van der Waals surface area contributed by atoms with E-state index in [0.717, 1.165) is 18.2 Å². The van der Waals surface area contributed by atoms with Crippen molar-refractivity contribution in [1.29, 1.82) is 0 Å². The van der Waals surface area contributed by atoms with Crippen LogP contribution in [0, 0.1) is 17.5 Å². The molecule has 0 aliphatic heterocycles. The predicted molar refractivity (Wildman–Crippen MR) is 110 cm³/mol. The molecule has 0 bridgehead atoms. The maximum atomic E-state index is 13.7. The van der Waals surface area contributed by atoms with Crippen LogP contribution in [0.4, 0.5) is 36.4 Å². The minimum Gasteiger partial charge on any atom is -0.368 e. The van der Waals surface area contributed by atoms with Crippen LogP contribution in [0.15, 0.2) is 42.5 Å². The van der Waals surface area contributed by atoms with E-state index < -0.39 is 22.8 Å². The lowest BCUT2D eigenvalue weighted by Crippen LogP contribution is -2.23. The summed E-state index contributed by atoms with van der Waals surface area (Å²) in [5, 5.41) is 4.63. The Morgan fingerprint density at radius 1 is 1.07 bits per heavy atom. The summed E-state index contributed by atoms with van der Waals surface area (Å²) in [6.45, 7) is 1.61. The van der Waals surface area contributed by atoms with Gasteiger partial charge in [-0.15, -0.1) is 11.8 Å². The molecular weight excluding hydrogens is 417 g/mol. The molecule has 3 aromatic rings. The minimum atomic E-state index is -0.733. The molecule has 1 aromatic heterocycles. The van der Waals surface area contributed by atoms with E-state index in [1.165, 1.54) is 36.0 Å². The fourth-order valence-electron chi connectivity index (χ4n) is 2.32. The van der Waals surface area contributed by atoms with Crippen LogP contribution < -0.4 is 16.4 Å². The van der Waals surface area contributed by atoms with Crippen LogP contribution >= 0.6 is 11.8 Å². The number of hydrogen-bond donors (Lipinski definition) is 3. The van der Waals surface area contributed by atoms with E-state index in [-0.39, 0.29) is 29.2 Å². The third kappa shape index (κ3) is 5.83. The highest BCUT2D eigenvalue weighted by atomic mass is 32.2. The summed E-state index contributed by atoms with van der Waals surface area (Å²) in [5.41, 5.74) is 6.04. The molecule has 0 saturated carbocycles. The number of carbonyl (C=O) groups is 1. The number of nitrogens with zero attached hydrogens (tertiary/aromatic N) is 3. The smallest absolute Gasteiger partial charge is 0.237 e. The molecule has 0 aliphatic rings. The van der Waals surface area contributed by atoms with E-state index in [4.69, 9.17) is 5.73 Å². The molecule has 0 fully saturated rings. The quantitative estimate of drug-likeness (QED) is 0.518. The van der Waals surface area contributed by atoms with Gasteiger partial charge in [0.1, 0.15) is 23.3 Å². The lowest BCUT2D eigenvalue weighted by Gasteiger charge is -2.13. The largest absolute Gasteiger partial charge is 0.368 e. The lowest BCUT2D eigenvalue weighted by atomic mass is 10.3. The van der Waals surface area contributed by atoms with Crippen LogP contribution in [0.5, 0.6) is 0 Å². The molecule has 0 unspecified atom stereocenters. The Morgan fingerprint density at radius 2 is 1.77 bits per heavy atom. The van der Waals surface area contributed by atoms with Gasteiger partial charge in [0.15, 0.2) is 0 Å². The van der Waals surface area contributed by atoms with E-state index in [2.05, 4.69) is 25.6 Å². The maximum absolute atomic E-state index is 13.7. The van der Waals surface area contributed by atoms with Crippen LogP contribution in [0.3, 0.4) is 0 Å². The Labute approximate surface area is 174 Å². The number of aromatic nitrogens is 3. The minimum absolute atomic E-state index is 0.0239. The fourth-order valence-corrected chi connectivity index (χ4v) is 3.06. The Kier molecular flexibility index (Phi) is 6.72. The number of hydrogen-bond acceptors (Lipinski definition) is 7. The van der Waals surface area contributed by atoms with Crippen LogP contribution in [0.2, 0.25) is 0 Å². The molecule has 1 atom stereocenters. The van der Waals surface area contributed by atoms with Crippen molar-refractivity contribution < 1.29 is 18.0 Å². The Bertz CT molecular complexity index is 1050. The summed E-state index contributed by atoms with van der Waals surface area (Å²) in [4.78, 5) is 24.5. The highest BCUT2D eigenvalue weighted by Gasteiger charge is 2.17. The zero-order chi connectivity index (χ0) is 21.7. The number of nitrogen functional groups attached to an aromatic ring is 1. The molecule has 0 radical (unpaired) electrons. The molecular formula is C19H17F3N6OS. The topological polar surface area (TPSA) is 106 Å². The molecule has 11 heteroatoms. The number of carbonyl (C=O) groups excluding carboxylic acids is 1. The predicted octanol–water partition coefficient (Wildman–Crippen LogP) is 3.88. The first kappa shape index (κ1) is 21.4. The molecule has 30 heavy (non-hydrogen) atoms. The second-order valence-electron chi connectivity index (χ2n) is 6.13. The Morgan fingerprint density at radius 3 is 2.50 bits per heavy atom. The molecule has 0 saturated heterocycles. The first-order valence-corrected chi connectivity index (χ1v) is 9.75. The highest BCUT2D eigenvalue weighted by molar-refractivity contribution is 7.99. The molecule has 1 heterocycles. The number of amides is 1. The number of benzene rings is 2. The van der Waals surface area contributed by atoms with Crippen molar-refractivity contribution in [1.82, 2.24) is 15.0 Å². The van der Waals surface area contributed by atoms with Gasteiger partial charge in [-0.05, 0) is 43.3 Å². The van der Waals surface area contributed by atoms with E-state index in [1.54, 1.807) is 6.92 Å². The number of anilines is 4. The normalized spacial score (nSPS) is 11.7. The standard InChI is InChI=1S/C19H17F3N6OS/c1-10(17(29)25-15-8-12(21)4-7-14(15)22)30-9-16-26-18(23)28-19(27-16)24-13-5-2-11(20)3-6-13/h2-8,10H,9H2,1H3,(H,25,29)(H3,23,24,26,27,28)/t10-/m1/s1. The second kappa shape index (κ2) is 9.44. The average Bonchev–Trinajstić information content (AvgIpc) is 2.70. The second-order valence-corrected chi connectivity index (χ2v) is 7.46. The molecule has 0 aliphatic carbocycles. The van der Waals surface area contributed by atoms with Crippen LogP contribution in [-0.2, 0) is 10.5 Å². The lowest BCUT2D eigenvalue weighted by molar-refractivity contribution is -0.115. The molecule has 3 rings (SSSR count). The maximum Gasteiger partial charge on any atom is 0.237 e. The van der Waals surface area contributed by atoms with Gasteiger partial charge in [-0.1, -0.05) is 0 Å².